The maximum absolute atomic E-state index is 12.7. The number of fused-ring (bicyclic) bond motifs is 1. The van der Waals surface area contributed by atoms with Crippen molar-refractivity contribution in [2.24, 2.45) is 16.7 Å². The fraction of sp³-hybridized carbons (Fsp3) is 0.882. The van der Waals surface area contributed by atoms with Crippen LogP contribution in [0.25, 0.3) is 0 Å². The van der Waals surface area contributed by atoms with Gasteiger partial charge in [0.1, 0.15) is 6.10 Å². The maximum Gasteiger partial charge on any atom is 0.312 e. The number of hydrogen-bond donors (Lipinski definition) is 0. The van der Waals surface area contributed by atoms with E-state index in [4.69, 9.17) is 14.2 Å². The van der Waals surface area contributed by atoms with Gasteiger partial charge in [0.2, 0.25) is 0 Å². The minimum atomic E-state index is -0.526. The second-order valence-electron chi connectivity index (χ2n) is 8.40. The number of ether oxygens (including phenoxy) is 3. The van der Waals surface area contributed by atoms with Gasteiger partial charge in [0.05, 0.1) is 17.4 Å². The third-order valence-electron chi connectivity index (χ3n) is 5.22. The molecule has 3 aliphatic rings. The number of carbonyl (C=O) groups is 2. The Kier molecular flexibility index (Phi) is 3.55. The zero-order chi connectivity index (χ0) is 16.3. The molecule has 3 heterocycles. The third-order valence-corrected chi connectivity index (χ3v) is 5.22. The summed E-state index contributed by atoms with van der Waals surface area (Å²) in [5.74, 6) is -0.563. The lowest BCUT2D eigenvalue weighted by Gasteiger charge is -2.34. The number of carbonyl (C=O) groups excluding carboxylic acids is 2. The SMILES string of the molecule is CCC(C)(CC(C)(C)C)C(=O)OC1C2CC3C(=O)OC1C3O2. The second kappa shape index (κ2) is 4.95. The summed E-state index contributed by atoms with van der Waals surface area (Å²) in [5, 5.41) is 0. The Morgan fingerprint density at radius 2 is 1.95 bits per heavy atom. The molecule has 0 amide bonds. The normalized spacial score (nSPS) is 38.8. The summed E-state index contributed by atoms with van der Waals surface area (Å²) in [6.07, 6.45) is 0.834. The van der Waals surface area contributed by atoms with Crippen LogP contribution in [0.1, 0.15) is 53.9 Å². The molecule has 6 atom stereocenters. The van der Waals surface area contributed by atoms with Gasteiger partial charge in [-0.15, -0.1) is 0 Å². The highest BCUT2D eigenvalue weighted by molar-refractivity contribution is 5.79. The quantitative estimate of drug-likeness (QED) is 0.746. The molecule has 124 valence electrons. The molecular formula is C17H26O5. The Balaban J connectivity index is 1.71. The van der Waals surface area contributed by atoms with Crippen LogP contribution in [0.3, 0.4) is 0 Å². The first-order valence-electron chi connectivity index (χ1n) is 8.22. The van der Waals surface area contributed by atoms with Crippen LogP contribution in [0.4, 0.5) is 0 Å². The van der Waals surface area contributed by atoms with Gasteiger partial charge in [-0.1, -0.05) is 27.7 Å². The van der Waals surface area contributed by atoms with Crippen LogP contribution in [0.2, 0.25) is 0 Å². The van der Waals surface area contributed by atoms with Crippen LogP contribution in [0.15, 0.2) is 0 Å². The van der Waals surface area contributed by atoms with Gasteiger partial charge in [-0.25, -0.2) is 0 Å². The highest BCUT2D eigenvalue weighted by atomic mass is 16.7. The van der Waals surface area contributed by atoms with E-state index in [-0.39, 0.29) is 35.5 Å². The summed E-state index contributed by atoms with van der Waals surface area (Å²) < 4.78 is 16.9. The molecule has 2 bridgehead atoms. The van der Waals surface area contributed by atoms with Crippen molar-refractivity contribution in [2.75, 3.05) is 0 Å². The van der Waals surface area contributed by atoms with E-state index in [2.05, 4.69) is 20.8 Å². The molecule has 3 fully saturated rings. The monoisotopic (exact) mass is 310 g/mol. The maximum atomic E-state index is 12.7. The van der Waals surface area contributed by atoms with Crippen LogP contribution in [-0.4, -0.2) is 36.4 Å². The molecule has 22 heavy (non-hydrogen) atoms. The van der Waals surface area contributed by atoms with E-state index in [1.807, 2.05) is 13.8 Å². The van der Waals surface area contributed by atoms with Gasteiger partial charge in [-0.2, -0.15) is 0 Å². The van der Waals surface area contributed by atoms with Crippen molar-refractivity contribution < 1.29 is 23.8 Å². The summed E-state index contributed by atoms with van der Waals surface area (Å²) >= 11 is 0. The zero-order valence-corrected chi connectivity index (χ0v) is 14.0. The smallest absolute Gasteiger partial charge is 0.312 e. The fourth-order valence-corrected chi connectivity index (χ4v) is 4.16. The molecule has 0 radical (unpaired) electrons. The molecule has 3 saturated heterocycles. The van der Waals surface area contributed by atoms with E-state index in [1.165, 1.54) is 0 Å². The van der Waals surface area contributed by atoms with Crippen molar-refractivity contribution in [3.8, 4) is 0 Å². The van der Waals surface area contributed by atoms with Crippen molar-refractivity contribution in [1.29, 1.82) is 0 Å². The van der Waals surface area contributed by atoms with E-state index in [0.717, 1.165) is 12.8 Å². The van der Waals surface area contributed by atoms with Crippen molar-refractivity contribution in [3.05, 3.63) is 0 Å². The minimum absolute atomic E-state index is 0.0415. The van der Waals surface area contributed by atoms with E-state index in [1.54, 1.807) is 0 Å². The third kappa shape index (κ3) is 2.43. The van der Waals surface area contributed by atoms with Crippen LogP contribution < -0.4 is 0 Å². The Bertz CT molecular complexity index is 494. The Morgan fingerprint density at radius 1 is 1.27 bits per heavy atom. The van der Waals surface area contributed by atoms with Crippen LogP contribution in [-0.2, 0) is 23.8 Å². The van der Waals surface area contributed by atoms with Gasteiger partial charge in [0, 0.05) is 0 Å². The summed E-state index contributed by atoms with van der Waals surface area (Å²) in [7, 11) is 0. The molecule has 0 saturated carbocycles. The first-order chi connectivity index (χ1) is 10.1. The Hall–Kier alpha value is -1.10. The molecule has 3 rings (SSSR count). The highest BCUT2D eigenvalue weighted by Gasteiger charge is 2.65. The van der Waals surface area contributed by atoms with Gasteiger partial charge in [-0.05, 0) is 31.6 Å². The molecule has 0 aromatic rings. The number of rotatable bonds is 4. The van der Waals surface area contributed by atoms with Crippen LogP contribution in [0, 0.1) is 16.7 Å². The predicted octanol–water partition coefficient (Wildman–Crippen LogP) is 2.46. The first-order valence-corrected chi connectivity index (χ1v) is 8.22. The zero-order valence-electron chi connectivity index (χ0n) is 14.0. The lowest BCUT2D eigenvalue weighted by Crippen LogP contribution is -2.44. The van der Waals surface area contributed by atoms with Crippen LogP contribution in [0.5, 0.6) is 0 Å². The molecule has 0 aromatic carbocycles. The highest BCUT2D eigenvalue weighted by Crippen LogP contribution is 2.48. The topological polar surface area (TPSA) is 61.8 Å². The lowest BCUT2D eigenvalue weighted by atomic mass is 9.73. The van der Waals surface area contributed by atoms with Crippen molar-refractivity contribution in [1.82, 2.24) is 0 Å². The van der Waals surface area contributed by atoms with E-state index in [0.29, 0.717) is 6.42 Å². The summed E-state index contributed by atoms with van der Waals surface area (Å²) in [6.45, 7) is 10.3. The molecular weight excluding hydrogens is 284 g/mol. The van der Waals surface area contributed by atoms with Crippen molar-refractivity contribution >= 4 is 11.9 Å². The van der Waals surface area contributed by atoms with Crippen LogP contribution >= 0.6 is 0 Å². The molecule has 0 spiro atoms. The average molecular weight is 310 g/mol. The molecule has 5 heteroatoms. The largest absolute Gasteiger partial charge is 0.455 e. The molecule has 0 aromatic heterocycles. The predicted molar refractivity (Wildman–Crippen MR) is 79.0 cm³/mol. The van der Waals surface area contributed by atoms with E-state index in [9.17, 15) is 9.59 Å². The lowest BCUT2D eigenvalue weighted by molar-refractivity contribution is -0.171. The van der Waals surface area contributed by atoms with Gasteiger partial charge in [-0.3, -0.25) is 9.59 Å². The van der Waals surface area contributed by atoms with Gasteiger partial charge in [0.15, 0.2) is 12.2 Å². The van der Waals surface area contributed by atoms with Gasteiger partial charge < -0.3 is 14.2 Å². The Morgan fingerprint density at radius 3 is 2.55 bits per heavy atom. The number of hydrogen-bond acceptors (Lipinski definition) is 5. The van der Waals surface area contributed by atoms with Gasteiger partial charge in [0.25, 0.3) is 0 Å². The molecule has 0 N–H and O–H groups in total. The molecule has 5 nitrogen and oxygen atoms in total. The summed E-state index contributed by atoms with van der Waals surface area (Å²) in [5.41, 5.74) is -0.484. The fourth-order valence-electron chi connectivity index (χ4n) is 4.16. The van der Waals surface area contributed by atoms with Crippen molar-refractivity contribution in [3.63, 3.8) is 0 Å². The standard InChI is InChI=1S/C17H26O5/c1-6-17(5,8-16(2,3)4)15(19)22-12-10-7-9-11(20-10)13(12)21-14(9)18/h9-13H,6-8H2,1-5H3. The summed E-state index contributed by atoms with van der Waals surface area (Å²) in [4.78, 5) is 24.5. The van der Waals surface area contributed by atoms with Crippen molar-refractivity contribution in [2.45, 2.75) is 78.3 Å². The molecule has 6 unspecified atom stereocenters. The molecule has 3 aliphatic heterocycles. The Labute approximate surface area is 131 Å². The first kappa shape index (κ1) is 15.8. The number of esters is 2. The summed E-state index contributed by atoms with van der Waals surface area (Å²) in [6, 6.07) is 0. The minimum Gasteiger partial charge on any atom is -0.455 e. The second-order valence-corrected chi connectivity index (χ2v) is 8.40. The van der Waals surface area contributed by atoms with E-state index >= 15 is 0 Å². The van der Waals surface area contributed by atoms with E-state index < -0.39 is 17.6 Å². The van der Waals surface area contributed by atoms with Gasteiger partial charge >= 0.3 is 11.9 Å². The average Bonchev–Trinajstić information content (AvgIpc) is 3.01. The molecule has 0 aliphatic carbocycles.